The van der Waals surface area contributed by atoms with Crippen LogP contribution in [-0.4, -0.2) is 31.8 Å². The lowest BCUT2D eigenvalue weighted by Gasteiger charge is -2.14. The highest BCUT2D eigenvalue weighted by molar-refractivity contribution is 6.00. The average Bonchev–Trinajstić information content (AvgIpc) is 3.34. The van der Waals surface area contributed by atoms with Gasteiger partial charge in [0.05, 0.1) is 25.7 Å². The van der Waals surface area contributed by atoms with Crippen LogP contribution >= 0.6 is 0 Å². The first-order chi connectivity index (χ1) is 16.3. The molecule has 0 spiro atoms. The minimum Gasteiger partial charge on any atom is -0.493 e. The largest absolute Gasteiger partial charge is 0.493 e. The van der Waals surface area contributed by atoms with Crippen LogP contribution in [-0.2, 0) is 4.74 Å². The zero-order chi connectivity index (χ0) is 24.8. The number of rotatable bonds is 8. The quantitative estimate of drug-likeness (QED) is 0.258. The number of ketones is 1. The maximum Gasteiger partial charge on any atom is 0.220 e. The second kappa shape index (κ2) is 10.5. The molecule has 3 aromatic rings. The molecule has 1 aromatic heterocycles. The van der Waals surface area contributed by atoms with E-state index in [1.54, 1.807) is 48.5 Å². The van der Waals surface area contributed by atoms with E-state index in [1.807, 2.05) is 6.92 Å². The monoisotopic (exact) mass is 459 g/mol. The molecule has 0 amide bonds. The molecule has 1 unspecified atom stereocenters. The minimum atomic E-state index is -0.437. The fourth-order valence-electron chi connectivity index (χ4n) is 3.64. The van der Waals surface area contributed by atoms with Crippen LogP contribution in [0.2, 0.25) is 0 Å². The molecule has 8 heteroatoms. The third-order valence-corrected chi connectivity index (χ3v) is 5.29. The van der Waals surface area contributed by atoms with Crippen molar-refractivity contribution in [2.45, 2.75) is 26.2 Å². The van der Waals surface area contributed by atoms with Crippen molar-refractivity contribution < 1.29 is 23.4 Å². The van der Waals surface area contributed by atoms with E-state index in [0.29, 0.717) is 40.4 Å². The number of carbonyl (C=O) groups excluding carboxylic acids is 1. The minimum absolute atomic E-state index is 0.0688. The van der Waals surface area contributed by atoms with Crippen molar-refractivity contribution in [3.05, 3.63) is 71.0 Å². The first kappa shape index (κ1) is 24.3. The number of furan rings is 1. The SMILES string of the molecule is CCC(C(=O)c1ccc(-c2cc(C#N)c(OC)c(OC)c2)o1)c1ccc(C(=N)OC(C)=N)cc1. The molecule has 0 aliphatic heterocycles. The number of ether oxygens (including phenoxy) is 3. The first-order valence-corrected chi connectivity index (χ1v) is 10.5. The molecule has 0 saturated heterocycles. The second-order valence-electron chi connectivity index (χ2n) is 7.47. The Morgan fingerprint density at radius 2 is 1.79 bits per heavy atom. The zero-order valence-corrected chi connectivity index (χ0v) is 19.4. The van der Waals surface area contributed by atoms with Gasteiger partial charge < -0.3 is 18.6 Å². The normalized spacial score (nSPS) is 11.3. The van der Waals surface area contributed by atoms with Gasteiger partial charge in [0.2, 0.25) is 11.7 Å². The third kappa shape index (κ3) is 4.99. The van der Waals surface area contributed by atoms with E-state index in [2.05, 4.69) is 6.07 Å². The van der Waals surface area contributed by atoms with E-state index < -0.39 is 5.92 Å². The number of nitriles is 1. The lowest BCUT2D eigenvalue weighted by Crippen LogP contribution is -2.13. The molecule has 0 saturated carbocycles. The van der Waals surface area contributed by atoms with Gasteiger partial charge in [-0.1, -0.05) is 19.1 Å². The van der Waals surface area contributed by atoms with Crippen molar-refractivity contribution in [1.82, 2.24) is 0 Å². The smallest absolute Gasteiger partial charge is 0.220 e. The molecule has 2 aromatic carbocycles. The van der Waals surface area contributed by atoms with Crippen LogP contribution in [0, 0.1) is 22.1 Å². The van der Waals surface area contributed by atoms with Crippen molar-refractivity contribution >= 4 is 17.6 Å². The molecule has 0 fully saturated rings. The highest BCUT2D eigenvalue weighted by Gasteiger charge is 2.24. The maximum atomic E-state index is 13.2. The lowest BCUT2D eigenvalue weighted by molar-refractivity contribution is 0.0930. The van der Waals surface area contributed by atoms with E-state index in [-0.39, 0.29) is 23.3 Å². The average molecular weight is 460 g/mol. The molecule has 1 heterocycles. The van der Waals surface area contributed by atoms with E-state index in [4.69, 9.17) is 29.4 Å². The van der Waals surface area contributed by atoms with E-state index in [1.165, 1.54) is 21.1 Å². The summed E-state index contributed by atoms with van der Waals surface area (Å²) in [4.78, 5) is 13.2. The Labute approximate surface area is 197 Å². The van der Waals surface area contributed by atoms with Gasteiger partial charge >= 0.3 is 0 Å². The van der Waals surface area contributed by atoms with E-state index >= 15 is 0 Å². The Kier molecular flexibility index (Phi) is 7.49. The predicted octanol–water partition coefficient (Wildman–Crippen LogP) is 5.55. The fraction of sp³-hybridized carbons (Fsp3) is 0.231. The van der Waals surface area contributed by atoms with Crippen molar-refractivity contribution in [3.8, 4) is 28.9 Å². The summed E-state index contributed by atoms with van der Waals surface area (Å²) in [5.41, 5.74) is 2.18. The van der Waals surface area contributed by atoms with Crippen LogP contribution in [0.3, 0.4) is 0 Å². The highest BCUT2D eigenvalue weighted by Crippen LogP contribution is 2.37. The maximum absolute atomic E-state index is 13.2. The number of nitrogens with zero attached hydrogens (tertiary/aromatic N) is 1. The summed E-state index contributed by atoms with van der Waals surface area (Å²) < 4.78 is 21.5. The van der Waals surface area contributed by atoms with Gasteiger partial charge in [-0.05, 0) is 48.4 Å². The van der Waals surface area contributed by atoms with Crippen molar-refractivity contribution in [2.75, 3.05) is 14.2 Å². The topological polar surface area (TPSA) is 129 Å². The van der Waals surface area contributed by atoms with Crippen LogP contribution in [0.15, 0.2) is 52.9 Å². The first-order valence-electron chi connectivity index (χ1n) is 10.5. The zero-order valence-electron chi connectivity index (χ0n) is 19.4. The lowest BCUT2D eigenvalue weighted by atomic mass is 9.90. The fourth-order valence-corrected chi connectivity index (χ4v) is 3.64. The summed E-state index contributed by atoms with van der Waals surface area (Å²) in [5.74, 6) is 0.548. The van der Waals surface area contributed by atoms with Gasteiger partial charge in [0.15, 0.2) is 23.2 Å². The predicted molar refractivity (Wildman–Crippen MR) is 127 cm³/mol. The number of benzene rings is 2. The van der Waals surface area contributed by atoms with Crippen molar-refractivity contribution in [3.63, 3.8) is 0 Å². The molecule has 3 rings (SSSR count). The Balaban J connectivity index is 1.87. The van der Waals surface area contributed by atoms with Gasteiger partial charge in [0.25, 0.3) is 0 Å². The van der Waals surface area contributed by atoms with Gasteiger partial charge in [-0.2, -0.15) is 5.26 Å². The van der Waals surface area contributed by atoms with E-state index in [9.17, 15) is 10.1 Å². The summed E-state index contributed by atoms with van der Waals surface area (Å²) in [6.07, 6.45) is 0.552. The molecule has 1 atom stereocenters. The van der Waals surface area contributed by atoms with Crippen LogP contribution < -0.4 is 9.47 Å². The summed E-state index contributed by atoms with van der Waals surface area (Å²) in [6, 6.07) is 15.6. The molecule has 2 N–H and O–H groups in total. The van der Waals surface area contributed by atoms with Crippen LogP contribution in [0.1, 0.15) is 53.4 Å². The number of methoxy groups -OCH3 is 2. The molecule has 0 aliphatic carbocycles. The molecule has 8 nitrogen and oxygen atoms in total. The third-order valence-electron chi connectivity index (χ3n) is 5.29. The second-order valence-corrected chi connectivity index (χ2v) is 7.47. The van der Waals surface area contributed by atoms with Gasteiger partial charge in [-0.3, -0.25) is 15.6 Å². The summed E-state index contributed by atoms with van der Waals surface area (Å²) in [5, 5.41) is 24.7. The van der Waals surface area contributed by atoms with Crippen molar-refractivity contribution in [2.24, 2.45) is 0 Å². The molecular weight excluding hydrogens is 434 g/mol. The van der Waals surface area contributed by atoms with E-state index in [0.717, 1.165) is 5.56 Å². The van der Waals surface area contributed by atoms with Gasteiger partial charge in [0, 0.05) is 18.1 Å². The number of hydrogen-bond donors (Lipinski definition) is 2. The Morgan fingerprint density at radius 1 is 1.09 bits per heavy atom. The Bertz CT molecular complexity index is 1270. The number of hydrogen-bond acceptors (Lipinski definition) is 8. The molecule has 0 radical (unpaired) electrons. The molecule has 174 valence electrons. The standard InChI is InChI=1S/C26H25N3O5/c1-5-20(16-6-8-17(9-7-16)26(29)33-15(2)28)24(30)22-11-10-21(34-22)18-12-19(14-27)25(32-4)23(13-18)31-3/h6-13,20,28-29H,5H2,1-4H3. The summed E-state index contributed by atoms with van der Waals surface area (Å²) in [6.45, 7) is 3.37. The number of carbonyl (C=O) groups is 1. The molecule has 0 aliphatic rings. The Hall–Kier alpha value is -4.38. The summed E-state index contributed by atoms with van der Waals surface area (Å²) >= 11 is 0. The molecular formula is C26H25N3O5. The van der Waals surface area contributed by atoms with Gasteiger partial charge in [-0.25, -0.2) is 0 Å². The highest BCUT2D eigenvalue weighted by atomic mass is 16.5. The van der Waals surface area contributed by atoms with Gasteiger partial charge in [0.1, 0.15) is 11.8 Å². The summed E-state index contributed by atoms with van der Waals surface area (Å²) in [7, 11) is 2.95. The molecule has 0 bridgehead atoms. The van der Waals surface area contributed by atoms with Crippen molar-refractivity contribution in [1.29, 1.82) is 16.1 Å². The number of nitrogens with one attached hydrogen (secondary N) is 2. The molecule has 34 heavy (non-hydrogen) atoms. The van der Waals surface area contributed by atoms with Crippen LogP contribution in [0.25, 0.3) is 11.3 Å². The van der Waals surface area contributed by atoms with Crippen LogP contribution in [0.4, 0.5) is 0 Å². The van der Waals surface area contributed by atoms with Gasteiger partial charge in [-0.15, -0.1) is 0 Å². The number of Topliss-reactive ketones (excluding diaryl/α,β-unsaturated/α-hetero) is 1. The van der Waals surface area contributed by atoms with Crippen LogP contribution in [0.5, 0.6) is 11.5 Å². The Morgan fingerprint density at radius 3 is 2.35 bits per heavy atom.